The molecule has 0 aliphatic carbocycles. The lowest BCUT2D eigenvalue weighted by atomic mass is 9.95. The third kappa shape index (κ3) is 3.70. The second-order valence-electron chi connectivity index (χ2n) is 2.83. The Morgan fingerprint density at radius 1 is 1.29 bits per heavy atom. The molecule has 0 atom stereocenters. The van der Waals surface area contributed by atoms with Gasteiger partial charge in [-0.25, -0.2) is 0 Å². The Morgan fingerprint density at radius 2 is 2.00 bits per heavy atom. The summed E-state index contributed by atoms with van der Waals surface area (Å²) in [5.41, 5.74) is 0.525. The van der Waals surface area contributed by atoms with E-state index in [1.54, 1.807) is 6.07 Å². The van der Waals surface area contributed by atoms with E-state index in [0.717, 1.165) is 0 Å². The Hall–Kier alpha value is -1.17. The van der Waals surface area contributed by atoms with Gasteiger partial charge in [0.05, 0.1) is 13.1 Å². The summed E-state index contributed by atoms with van der Waals surface area (Å²) in [5.74, 6) is 0.121. The molecule has 0 spiro atoms. The highest BCUT2D eigenvalue weighted by Crippen LogP contribution is 2.16. The van der Waals surface area contributed by atoms with Crippen LogP contribution in [0.2, 0.25) is 0 Å². The van der Waals surface area contributed by atoms with E-state index in [1.807, 2.05) is 0 Å². The van der Waals surface area contributed by atoms with Crippen LogP contribution in [0.15, 0.2) is 24.3 Å². The van der Waals surface area contributed by atoms with Crippen molar-refractivity contribution in [3.8, 4) is 5.75 Å². The van der Waals surface area contributed by atoms with Crippen LogP contribution in [0, 0.1) is 0 Å². The predicted molar refractivity (Wildman–Crippen MR) is 46.9 cm³/mol. The van der Waals surface area contributed by atoms with Crippen LogP contribution in [-0.2, 0) is 6.61 Å². The first kappa shape index (κ1) is 10.9. The van der Waals surface area contributed by atoms with Crippen molar-refractivity contribution in [3.05, 3.63) is 29.8 Å². The molecular weight excluding hydrogens is 196 g/mol. The van der Waals surface area contributed by atoms with Gasteiger partial charge in [-0.05, 0) is 17.7 Å². The molecule has 1 aromatic carbocycles. The monoisotopic (exact) mass is 205 g/mol. The van der Waals surface area contributed by atoms with Crippen molar-refractivity contribution in [1.82, 2.24) is 0 Å². The van der Waals surface area contributed by atoms with Crippen molar-refractivity contribution in [2.45, 2.75) is 6.61 Å². The molecule has 6 heteroatoms. The maximum absolute atomic E-state index is 11.8. The van der Waals surface area contributed by atoms with Gasteiger partial charge < -0.3 is 22.8 Å². The summed E-state index contributed by atoms with van der Waals surface area (Å²) >= 11 is 0. The van der Waals surface area contributed by atoms with E-state index in [4.69, 9.17) is 5.11 Å². The molecule has 0 amide bonds. The lowest BCUT2D eigenvalue weighted by Crippen LogP contribution is -2.26. The van der Waals surface area contributed by atoms with E-state index in [9.17, 15) is 12.9 Å². The van der Waals surface area contributed by atoms with Gasteiger partial charge in [-0.15, -0.1) is 0 Å². The molecule has 0 saturated heterocycles. The zero-order chi connectivity index (χ0) is 10.6. The van der Waals surface area contributed by atoms with Gasteiger partial charge in [-0.1, -0.05) is 12.1 Å². The summed E-state index contributed by atoms with van der Waals surface area (Å²) in [6, 6.07) is 5.93. The summed E-state index contributed by atoms with van der Waals surface area (Å²) < 4.78 is 39.9. The van der Waals surface area contributed by atoms with E-state index >= 15 is 0 Å². The summed E-state index contributed by atoms with van der Waals surface area (Å²) in [5, 5.41) is 8.72. The van der Waals surface area contributed by atoms with Crippen LogP contribution in [-0.4, -0.2) is 18.6 Å². The smallest absolute Gasteiger partial charge is 0.515 e. The average molecular weight is 205 g/mol. The molecule has 78 valence electrons. The van der Waals surface area contributed by atoms with Crippen molar-refractivity contribution in [1.29, 1.82) is 0 Å². The summed E-state index contributed by atoms with van der Waals surface area (Å²) in [6.07, 6.45) is 0. The van der Waals surface area contributed by atoms with Crippen LogP contribution < -0.4 is 4.74 Å². The quantitative estimate of drug-likeness (QED) is 0.761. The van der Waals surface area contributed by atoms with Gasteiger partial charge in [0.2, 0.25) is 0 Å². The molecule has 0 aliphatic heterocycles. The molecule has 0 heterocycles. The van der Waals surface area contributed by atoms with E-state index in [2.05, 4.69) is 4.74 Å². The van der Waals surface area contributed by atoms with Gasteiger partial charge >= 0.3 is 6.98 Å². The van der Waals surface area contributed by atoms with Crippen molar-refractivity contribution < 1.29 is 22.8 Å². The molecule has 0 bridgehead atoms. The Balaban J connectivity index is 2.59. The Labute approximate surface area is 79.4 Å². The van der Waals surface area contributed by atoms with E-state index < -0.39 is 13.5 Å². The van der Waals surface area contributed by atoms with E-state index in [1.165, 1.54) is 18.2 Å². The number of hydrogen-bond donors (Lipinski definition) is 1. The minimum atomic E-state index is -4.93. The van der Waals surface area contributed by atoms with Crippen LogP contribution in [0.3, 0.4) is 0 Å². The molecule has 0 aliphatic rings. The first-order valence-electron chi connectivity index (χ1n) is 4.05. The number of aliphatic hydroxyl groups excluding tert-OH is 1. The second kappa shape index (κ2) is 4.37. The van der Waals surface area contributed by atoms with Crippen molar-refractivity contribution >= 4 is 6.98 Å². The second-order valence-corrected chi connectivity index (χ2v) is 2.83. The maximum Gasteiger partial charge on any atom is 0.515 e. The zero-order valence-electron chi connectivity index (χ0n) is 7.29. The number of rotatable bonds is 4. The number of halogens is 3. The lowest BCUT2D eigenvalue weighted by Gasteiger charge is -2.15. The third-order valence-corrected chi connectivity index (χ3v) is 1.52. The Kier molecular flexibility index (Phi) is 3.40. The molecule has 0 radical (unpaired) electrons. The minimum Gasteiger partial charge on any atom is -0.522 e. The molecule has 2 nitrogen and oxygen atoms in total. The van der Waals surface area contributed by atoms with Gasteiger partial charge in [0.1, 0.15) is 5.75 Å². The van der Waals surface area contributed by atoms with Gasteiger partial charge in [0.25, 0.3) is 0 Å². The lowest BCUT2D eigenvalue weighted by molar-refractivity contribution is 0.279. The predicted octanol–water partition coefficient (Wildman–Crippen LogP) is 1.94. The molecule has 0 unspecified atom stereocenters. The van der Waals surface area contributed by atoms with E-state index in [0.29, 0.717) is 5.56 Å². The van der Waals surface area contributed by atoms with Gasteiger partial charge in [-0.2, -0.15) is 0 Å². The first-order chi connectivity index (χ1) is 6.51. The Morgan fingerprint density at radius 3 is 2.57 bits per heavy atom. The van der Waals surface area contributed by atoms with Gasteiger partial charge in [0.15, 0.2) is 0 Å². The highest BCUT2D eigenvalue weighted by molar-refractivity contribution is 6.58. The first-order valence-corrected chi connectivity index (χ1v) is 4.05. The van der Waals surface area contributed by atoms with E-state index in [-0.39, 0.29) is 12.4 Å². The van der Waals surface area contributed by atoms with Crippen molar-refractivity contribution in [2.24, 2.45) is 0 Å². The summed E-state index contributed by atoms with van der Waals surface area (Å²) in [6.45, 7) is -6.40. The normalized spacial score (nSPS) is 11.4. The van der Waals surface area contributed by atoms with Crippen LogP contribution >= 0.6 is 0 Å². The van der Waals surface area contributed by atoms with Crippen LogP contribution in [0.4, 0.5) is 12.9 Å². The van der Waals surface area contributed by atoms with Crippen LogP contribution in [0.25, 0.3) is 0 Å². The fraction of sp³-hybridized carbons (Fsp3) is 0.250. The highest BCUT2D eigenvalue weighted by atomic mass is 19.4. The SMILES string of the molecule is OCc1cccc(OC[B-](F)(F)F)c1. The average Bonchev–Trinajstić information content (AvgIpc) is 2.14. The van der Waals surface area contributed by atoms with Gasteiger partial charge in [-0.3, -0.25) is 0 Å². The number of ether oxygens (including phenoxy) is 1. The molecular formula is C8H9BF3O2-. The fourth-order valence-corrected chi connectivity index (χ4v) is 0.924. The largest absolute Gasteiger partial charge is 0.522 e. The Bertz CT molecular complexity index is 301. The van der Waals surface area contributed by atoms with Crippen LogP contribution in [0.1, 0.15) is 5.56 Å². The molecule has 1 N–H and O–H groups in total. The number of benzene rings is 1. The molecule has 0 aromatic heterocycles. The van der Waals surface area contributed by atoms with Crippen molar-refractivity contribution in [3.63, 3.8) is 0 Å². The topological polar surface area (TPSA) is 29.5 Å². The molecule has 1 rings (SSSR count). The number of hydrogen-bond acceptors (Lipinski definition) is 2. The maximum atomic E-state index is 11.8. The fourth-order valence-electron chi connectivity index (χ4n) is 0.924. The molecule has 1 aromatic rings. The molecule has 0 saturated carbocycles. The summed E-state index contributed by atoms with van der Waals surface area (Å²) in [4.78, 5) is 0. The van der Waals surface area contributed by atoms with Crippen molar-refractivity contribution in [2.75, 3.05) is 6.51 Å². The zero-order valence-corrected chi connectivity index (χ0v) is 7.29. The number of aliphatic hydroxyl groups is 1. The molecule has 0 fully saturated rings. The minimum absolute atomic E-state index is 0.121. The van der Waals surface area contributed by atoms with Crippen LogP contribution in [0.5, 0.6) is 5.75 Å². The standard InChI is InChI=1S/C8H9BF3O2/c10-9(11,12)6-14-8-3-1-2-7(4-8)5-13/h1-4,13H,5-6H2/q-1. The summed E-state index contributed by atoms with van der Waals surface area (Å²) in [7, 11) is 0. The van der Waals surface area contributed by atoms with Gasteiger partial charge in [0, 0.05) is 0 Å². The third-order valence-electron chi connectivity index (χ3n) is 1.52. The highest BCUT2D eigenvalue weighted by Gasteiger charge is 2.24. The molecule has 14 heavy (non-hydrogen) atoms.